The maximum atomic E-state index is 13.2. The second kappa shape index (κ2) is 13.6. The molecule has 0 atom stereocenters. The number of carbonyl (C=O) groups is 2. The highest BCUT2D eigenvalue weighted by Gasteiger charge is 2.26. The van der Waals surface area contributed by atoms with E-state index in [9.17, 15) is 31.9 Å². The number of carboxylic acids is 1. The number of hydrogen-bond donors (Lipinski definition) is 2. The maximum Gasteiger partial charge on any atom is 0.355 e. The fourth-order valence-electron chi connectivity index (χ4n) is 5.25. The molecule has 1 aliphatic rings. The number of aromatic carboxylic acids is 1. The molecule has 0 radical (unpaired) electrons. The molecule has 1 aromatic heterocycles. The number of carbonyl (C=O) groups excluding carboxylic acids is 1. The van der Waals surface area contributed by atoms with Crippen molar-refractivity contribution in [1.82, 2.24) is 14.3 Å². The number of imidazole rings is 1. The van der Waals surface area contributed by atoms with Gasteiger partial charge >= 0.3 is 5.97 Å². The van der Waals surface area contributed by atoms with Crippen LogP contribution in [-0.4, -0.2) is 40.7 Å². The molecule has 0 spiro atoms. The fourth-order valence-corrected chi connectivity index (χ4v) is 7.11. The largest absolute Gasteiger partial charge is 0.476 e. The van der Waals surface area contributed by atoms with Crippen LogP contribution in [0.4, 0.5) is 8.78 Å². The third-order valence-electron chi connectivity index (χ3n) is 7.12. The van der Waals surface area contributed by atoms with Gasteiger partial charge < -0.3 is 9.67 Å². The molecule has 2 aromatic carbocycles. The van der Waals surface area contributed by atoms with Crippen molar-refractivity contribution in [3.63, 3.8) is 0 Å². The molecule has 1 fully saturated rings. The summed E-state index contributed by atoms with van der Waals surface area (Å²) >= 11 is 0.109. The summed E-state index contributed by atoms with van der Waals surface area (Å²) < 4.78 is 56.2. The van der Waals surface area contributed by atoms with E-state index in [0.717, 1.165) is 32.1 Å². The molecule has 1 saturated carbocycles. The molecule has 1 amide bonds. The molecule has 2 N–H and O–H groups in total. The summed E-state index contributed by atoms with van der Waals surface area (Å²) in [6.07, 6.45) is 6.35. The Morgan fingerprint density at radius 3 is 2.41 bits per heavy atom. The van der Waals surface area contributed by atoms with Crippen LogP contribution in [0.5, 0.6) is 0 Å². The Morgan fingerprint density at radius 2 is 1.78 bits per heavy atom. The summed E-state index contributed by atoms with van der Waals surface area (Å²) in [7, 11) is -4.12. The number of halogens is 2. The summed E-state index contributed by atoms with van der Waals surface area (Å²) in [4.78, 5) is 28.7. The number of aryl methyl sites for hydroxylation is 1. The first-order valence-corrected chi connectivity index (χ1v) is 16.0. The Morgan fingerprint density at radius 1 is 1.10 bits per heavy atom. The monoisotopic (exact) mass is 605 g/mol. The highest BCUT2D eigenvalue weighted by atomic mass is 32.2. The average molecular weight is 606 g/mol. The van der Waals surface area contributed by atoms with Crippen LogP contribution in [0.15, 0.2) is 58.5 Å². The zero-order valence-electron chi connectivity index (χ0n) is 22.7. The van der Waals surface area contributed by atoms with Gasteiger partial charge in [0, 0.05) is 24.9 Å². The van der Waals surface area contributed by atoms with Crippen molar-refractivity contribution in [3.8, 4) is 11.1 Å². The zero-order chi connectivity index (χ0) is 29.6. The summed E-state index contributed by atoms with van der Waals surface area (Å²) in [6.45, 7) is 1.98. The molecule has 3 aromatic rings. The number of nitrogens with zero attached hydrogens (tertiary/aromatic N) is 2. The van der Waals surface area contributed by atoms with Crippen molar-refractivity contribution in [2.75, 3.05) is 0 Å². The summed E-state index contributed by atoms with van der Waals surface area (Å²) in [5.74, 6) is -4.06. The second-order valence-corrected chi connectivity index (χ2v) is 12.8. The van der Waals surface area contributed by atoms with Gasteiger partial charge in [0.2, 0.25) is 5.91 Å². The van der Waals surface area contributed by atoms with Gasteiger partial charge in [-0.2, -0.15) is 8.78 Å². The highest BCUT2D eigenvalue weighted by molar-refractivity contribution is 7.99. The number of benzene rings is 2. The quantitative estimate of drug-likeness (QED) is 0.231. The van der Waals surface area contributed by atoms with Gasteiger partial charge in [-0.05, 0) is 54.1 Å². The molecule has 41 heavy (non-hydrogen) atoms. The Balaban J connectivity index is 1.57. The molecule has 0 aliphatic heterocycles. The van der Waals surface area contributed by atoms with Gasteiger partial charge in [-0.25, -0.2) is 22.9 Å². The lowest BCUT2D eigenvalue weighted by atomic mass is 9.87. The van der Waals surface area contributed by atoms with Gasteiger partial charge in [0.1, 0.15) is 10.9 Å². The van der Waals surface area contributed by atoms with Crippen LogP contribution in [0.25, 0.3) is 11.1 Å². The number of rotatable bonds is 12. The van der Waals surface area contributed by atoms with Crippen LogP contribution >= 0.6 is 11.8 Å². The molecule has 1 heterocycles. The van der Waals surface area contributed by atoms with Crippen LogP contribution in [-0.2, 0) is 27.8 Å². The van der Waals surface area contributed by atoms with Crippen LogP contribution < -0.4 is 4.72 Å². The van der Waals surface area contributed by atoms with E-state index in [-0.39, 0.29) is 46.3 Å². The van der Waals surface area contributed by atoms with Crippen LogP contribution in [0.3, 0.4) is 0 Å². The predicted octanol–water partition coefficient (Wildman–Crippen LogP) is 6.34. The van der Waals surface area contributed by atoms with E-state index >= 15 is 0 Å². The second-order valence-electron chi connectivity index (χ2n) is 10.1. The molecule has 8 nitrogen and oxygen atoms in total. The third kappa shape index (κ3) is 7.73. The summed E-state index contributed by atoms with van der Waals surface area (Å²) in [5, 5.41) is 9.54. The van der Waals surface area contributed by atoms with Gasteiger partial charge in [0.25, 0.3) is 15.8 Å². The molecule has 0 unspecified atom stereocenters. The van der Waals surface area contributed by atoms with Gasteiger partial charge in [0.05, 0.1) is 4.90 Å². The van der Waals surface area contributed by atoms with Crippen molar-refractivity contribution in [2.24, 2.45) is 5.92 Å². The minimum absolute atomic E-state index is 0.0218. The molecular weight excluding hydrogens is 572 g/mol. The van der Waals surface area contributed by atoms with Crippen molar-refractivity contribution in [2.45, 2.75) is 80.5 Å². The minimum atomic E-state index is -4.12. The smallest absolute Gasteiger partial charge is 0.355 e. The maximum absolute atomic E-state index is 13.2. The number of thioether (sulfide) groups is 1. The summed E-state index contributed by atoms with van der Waals surface area (Å²) in [6, 6.07) is 13.3. The Hall–Kier alpha value is -3.25. The van der Waals surface area contributed by atoms with Crippen molar-refractivity contribution < 1.29 is 31.9 Å². The number of carboxylic acid groups (broad SMARTS) is 1. The number of amides is 1. The highest BCUT2D eigenvalue weighted by Crippen LogP contribution is 2.32. The lowest BCUT2D eigenvalue weighted by Gasteiger charge is -2.21. The fraction of sp³-hybridized carbons (Fsp3) is 0.414. The number of nitrogens with one attached hydrogen (secondary N) is 1. The normalized spacial score (nSPS) is 14.3. The minimum Gasteiger partial charge on any atom is -0.476 e. The van der Waals surface area contributed by atoms with Crippen molar-refractivity contribution >= 4 is 33.7 Å². The molecule has 12 heteroatoms. The van der Waals surface area contributed by atoms with Crippen molar-refractivity contribution in [1.29, 1.82) is 0 Å². The number of hydrogen-bond acceptors (Lipinski definition) is 6. The Bertz CT molecular complexity index is 1480. The lowest BCUT2D eigenvalue weighted by molar-refractivity contribution is -0.120. The Kier molecular flexibility index (Phi) is 10.2. The molecule has 0 bridgehead atoms. The zero-order valence-corrected chi connectivity index (χ0v) is 24.3. The van der Waals surface area contributed by atoms with E-state index in [2.05, 4.69) is 9.71 Å². The molecular formula is C29H33F2N3O5S2. The first-order chi connectivity index (χ1) is 19.6. The van der Waals surface area contributed by atoms with Gasteiger partial charge in [-0.3, -0.25) is 4.79 Å². The number of sulfonamides is 1. The molecule has 220 valence electrons. The molecule has 1 aliphatic carbocycles. The van der Waals surface area contributed by atoms with Crippen molar-refractivity contribution in [3.05, 3.63) is 65.6 Å². The molecule has 4 rings (SSSR count). The van der Waals surface area contributed by atoms with E-state index in [0.29, 0.717) is 35.4 Å². The predicted molar refractivity (Wildman–Crippen MR) is 153 cm³/mol. The Labute approximate surface area is 242 Å². The van der Waals surface area contributed by atoms with Crippen LogP contribution in [0.1, 0.15) is 73.7 Å². The molecule has 0 saturated heterocycles. The van der Waals surface area contributed by atoms with Gasteiger partial charge in [-0.15, -0.1) is 0 Å². The van der Waals surface area contributed by atoms with E-state index in [1.807, 2.05) is 6.92 Å². The third-order valence-corrected chi connectivity index (χ3v) is 9.24. The van der Waals surface area contributed by atoms with E-state index < -0.39 is 27.7 Å². The first-order valence-electron chi connectivity index (χ1n) is 13.6. The van der Waals surface area contributed by atoms with Crippen LogP contribution in [0, 0.1) is 5.92 Å². The topological polar surface area (TPSA) is 118 Å². The van der Waals surface area contributed by atoms with E-state index in [1.165, 1.54) is 10.6 Å². The SMILES string of the molecule is CCCc1nc(SC(F)F)c(C(=O)O)n1Cc1ccc(-c2ccccc2S(=O)(=O)NC(=O)CC2CCCCC2)cc1. The number of aromatic nitrogens is 2. The lowest BCUT2D eigenvalue weighted by Crippen LogP contribution is -2.32. The van der Waals surface area contributed by atoms with E-state index in [4.69, 9.17) is 0 Å². The summed E-state index contributed by atoms with van der Waals surface area (Å²) in [5.41, 5.74) is 1.39. The van der Waals surface area contributed by atoms with Crippen LogP contribution in [0.2, 0.25) is 0 Å². The van der Waals surface area contributed by atoms with Gasteiger partial charge in [0.15, 0.2) is 5.69 Å². The van der Waals surface area contributed by atoms with E-state index in [1.54, 1.807) is 42.5 Å². The van der Waals surface area contributed by atoms with Gasteiger partial charge in [-0.1, -0.05) is 68.7 Å². The number of alkyl halides is 2. The standard InChI is InChI=1S/C29H33F2N3O5S2/c1-2-8-24-32-27(40-29(30)31)26(28(36)37)34(24)18-20-13-15-21(16-14-20)22-11-6-7-12-23(22)41(38,39)33-25(35)17-19-9-4-3-5-10-19/h6-7,11-16,19,29H,2-5,8-10,17-18H2,1H3,(H,33,35)(H,36,37). The first kappa shape index (κ1) is 30.7. The average Bonchev–Trinajstić information content (AvgIpc) is 3.25.